The number of hydrogen-bond acceptors (Lipinski definition) is 2. The molecule has 1 saturated heterocycles. The minimum absolute atomic E-state index is 0.116. The third kappa shape index (κ3) is 3.61. The van der Waals surface area contributed by atoms with Gasteiger partial charge in [-0.3, -0.25) is 4.79 Å². The lowest BCUT2D eigenvalue weighted by Gasteiger charge is -2.46. The van der Waals surface area contributed by atoms with Crippen molar-refractivity contribution in [1.82, 2.24) is 14.4 Å². The highest BCUT2D eigenvalue weighted by atomic mass is 16.2. The molecule has 5 rings (SSSR count). The van der Waals surface area contributed by atoms with Gasteiger partial charge in [-0.25, -0.2) is 0 Å². The van der Waals surface area contributed by atoms with E-state index in [0.29, 0.717) is 23.9 Å². The standard InChI is InChI=1S/C27H39N3O/c1-5-13-30-17-19-15-25-23(22-7-6-8-24(30)26(19)22)14-20(16-28(25)3)27(31)29(4)21-11-9-18(2)10-12-21/h6-8,17-18,20-21,23,25H,5,9-16H2,1-4H3/t18?,20-,21?,23?,25-/m1/s1. The van der Waals surface area contributed by atoms with Crippen molar-refractivity contribution >= 4 is 16.8 Å². The number of benzene rings is 1. The third-order valence-electron chi connectivity index (χ3n) is 8.62. The molecule has 31 heavy (non-hydrogen) atoms. The number of rotatable bonds is 4. The Morgan fingerprint density at radius 2 is 1.97 bits per heavy atom. The molecule has 3 atom stereocenters. The quantitative estimate of drug-likeness (QED) is 0.691. The fourth-order valence-electron chi connectivity index (χ4n) is 6.82. The summed E-state index contributed by atoms with van der Waals surface area (Å²) in [5.74, 6) is 1.77. The lowest BCUT2D eigenvalue weighted by molar-refractivity contribution is -0.139. The molecule has 2 heterocycles. The number of aryl methyl sites for hydroxylation is 1. The molecule has 1 aliphatic heterocycles. The van der Waals surface area contributed by atoms with E-state index in [1.807, 2.05) is 0 Å². The van der Waals surface area contributed by atoms with Gasteiger partial charge in [0.05, 0.1) is 5.92 Å². The van der Waals surface area contributed by atoms with E-state index < -0.39 is 0 Å². The maximum Gasteiger partial charge on any atom is 0.226 e. The van der Waals surface area contributed by atoms with Gasteiger partial charge >= 0.3 is 0 Å². The fourth-order valence-corrected chi connectivity index (χ4v) is 6.82. The molecule has 0 spiro atoms. The van der Waals surface area contributed by atoms with Crippen LogP contribution in [0.15, 0.2) is 24.4 Å². The minimum Gasteiger partial charge on any atom is -0.347 e. The Labute approximate surface area is 187 Å². The Bertz CT molecular complexity index is 955. The summed E-state index contributed by atoms with van der Waals surface area (Å²) in [4.78, 5) is 18.2. The van der Waals surface area contributed by atoms with Crippen LogP contribution in [0.1, 0.15) is 69.4 Å². The van der Waals surface area contributed by atoms with Crippen molar-refractivity contribution < 1.29 is 4.79 Å². The predicted octanol–water partition coefficient (Wildman–Crippen LogP) is 5.05. The number of amides is 1. The van der Waals surface area contributed by atoms with Crippen LogP contribution in [-0.2, 0) is 17.8 Å². The van der Waals surface area contributed by atoms with Crippen molar-refractivity contribution in [1.29, 1.82) is 0 Å². The summed E-state index contributed by atoms with van der Waals surface area (Å²) in [6, 6.07) is 7.81. The van der Waals surface area contributed by atoms with Gasteiger partial charge < -0.3 is 14.4 Å². The first-order valence-corrected chi connectivity index (χ1v) is 12.6. The van der Waals surface area contributed by atoms with E-state index >= 15 is 0 Å². The smallest absolute Gasteiger partial charge is 0.226 e. The number of piperidine rings is 1. The van der Waals surface area contributed by atoms with E-state index in [9.17, 15) is 4.79 Å². The van der Waals surface area contributed by atoms with Crippen LogP contribution in [0.3, 0.4) is 0 Å². The second kappa shape index (κ2) is 8.27. The first-order chi connectivity index (χ1) is 15.0. The van der Waals surface area contributed by atoms with Gasteiger partial charge in [0.2, 0.25) is 5.91 Å². The molecular weight excluding hydrogens is 382 g/mol. The zero-order chi connectivity index (χ0) is 21.7. The second-order valence-electron chi connectivity index (χ2n) is 10.7. The topological polar surface area (TPSA) is 28.5 Å². The van der Waals surface area contributed by atoms with Crippen LogP contribution >= 0.6 is 0 Å². The van der Waals surface area contributed by atoms with Crippen LogP contribution < -0.4 is 0 Å². The minimum atomic E-state index is 0.116. The van der Waals surface area contributed by atoms with Gasteiger partial charge in [0.15, 0.2) is 0 Å². The van der Waals surface area contributed by atoms with E-state index in [1.165, 1.54) is 47.7 Å². The maximum atomic E-state index is 13.6. The zero-order valence-corrected chi connectivity index (χ0v) is 19.8. The van der Waals surface area contributed by atoms with Crippen LogP contribution in [-0.4, -0.2) is 53.0 Å². The molecule has 3 aliphatic rings. The Hall–Kier alpha value is -1.81. The predicted molar refractivity (Wildman–Crippen MR) is 127 cm³/mol. The molecule has 4 heteroatoms. The maximum absolute atomic E-state index is 13.6. The summed E-state index contributed by atoms with van der Waals surface area (Å²) in [7, 11) is 4.31. The summed E-state index contributed by atoms with van der Waals surface area (Å²) >= 11 is 0. The molecule has 1 amide bonds. The lowest BCUT2D eigenvalue weighted by atomic mass is 9.72. The Morgan fingerprint density at radius 3 is 2.71 bits per heavy atom. The van der Waals surface area contributed by atoms with Crippen LogP contribution in [0.5, 0.6) is 0 Å². The van der Waals surface area contributed by atoms with Crippen LogP contribution in [0, 0.1) is 11.8 Å². The number of nitrogens with zero attached hydrogens (tertiary/aromatic N) is 3. The van der Waals surface area contributed by atoms with Gasteiger partial charge in [-0.1, -0.05) is 26.0 Å². The second-order valence-corrected chi connectivity index (χ2v) is 10.7. The van der Waals surface area contributed by atoms with Crippen molar-refractivity contribution in [2.75, 3.05) is 20.6 Å². The monoisotopic (exact) mass is 421 g/mol. The van der Waals surface area contributed by atoms with Gasteiger partial charge in [-0.05, 0) is 75.1 Å². The highest BCUT2D eigenvalue weighted by Gasteiger charge is 2.43. The van der Waals surface area contributed by atoms with Gasteiger partial charge in [0.25, 0.3) is 0 Å². The Balaban J connectivity index is 1.41. The molecular formula is C27H39N3O. The van der Waals surface area contributed by atoms with E-state index in [2.05, 4.69) is 66.7 Å². The zero-order valence-electron chi connectivity index (χ0n) is 19.8. The molecule has 0 N–H and O–H groups in total. The molecule has 0 bridgehead atoms. The Kier molecular flexibility index (Phi) is 5.62. The number of hydrogen-bond donors (Lipinski definition) is 0. The molecule has 2 aromatic rings. The summed E-state index contributed by atoms with van der Waals surface area (Å²) in [6.45, 7) is 6.58. The van der Waals surface area contributed by atoms with Crippen molar-refractivity contribution in [3.63, 3.8) is 0 Å². The van der Waals surface area contributed by atoms with Gasteiger partial charge in [0.1, 0.15) is 0 Å². The lowest BCUT2D eigenvalue weighted by Crippen LogP contribution is -2.53. The van der Waals surface area contributed by atoms with E-state index in [1.54, 1.807) is 0 Å². The van der Waals surface area contributed by atoms with Gasteiger partial charge in [-0.2, -0.15) is 0 Å². The first-order valence-electron chi connectivity index (χ1n) is 12.6. The van der Waals surface area contributed by atoms with Crippen molar-refractivity contribution in [2.24, 2.45) is 11.8 Å². The summed E-state index contributed by atoms with van der Waals surface area (Å²) in [5, 5.41) is 1.48. The SMILES string of the molecule is CCCn1cc2c3c(cccc31)C1C[C@@H](C(=O)N(C)C3CCC(C)CC3)CN(C)[C@@H]1C2. The highest BCUT2D eigenvalue weighted by Crippen LogP contribution is 2.45. The number of likely N-dealkylation sites (N-methyl/N-ethyl adjacent to an activating group) is 1. The van der Waals surface area contributed by atoms with Crippen LogP contribution in [0.25, 0.3) is 10.9 Å². The molecule has 0 radical (unpaired) electrons. The van der Waals surface area contributed by atoms with E-state index in [4.69, 9.17) is 0 Å². The average molecular weight is 422 g/mol. The van der Waals surface area contributed by atoms with Crippen LogP contribution in [0.4, 0.5) is 0 Å². The molecule has 4 nitrogen and oxygen atoms in total. The Morgan fingerprint density at radius 1 is 1.19 bits per heavy atom. The number of carbonyl (C=O) groups is 1. The summed E-state index contributed by atoms with van der Waals surface area (Å²) < 4.78 is 2.45. The average Bonchev–Trinajstić information content (AvgIpc) is 3.13. The molecule has 1 aromatic carbocycles. The third-order valence-corrected chi connectivity index (χ3v) is 8.62. The van der Waals surface area contributed by atoms with E-state index in [-0.39, 0.29) is 5.92 Å². The molecule has 168 valence electrons. The number of carbonyl (C=O) groups excluding carboxylic acids is 1. The molecule has 2 fully saturated rings. The molecule has 2 aliphatic carbocycles. The van der Waals surface area contributed by atoms with E-state index in [0.717, 1.165) is 38.3 Å². The number of likely N-dealkylation sites (tertiary alicyclic amines) is 1. The van der Waals surface area contributed by atoms with Crippen molar-refractivity contribution in [2.45, 2.75) is 83.3 Å². The molecule has 1 aromatic heterocycles. The van der Waals surface area contributed by atoms with Crippen molar-refractivity contribution in [3.05, 3.63) is 35.5 Å². The summed E-state index contributed by atoms with van der Waals surface area (Å²) in [6.07, 6.45) is 10.5. The normalized spacial score (nSPS) is 30.9. The fraction of sp³-hybridized carbons (Fsp3) is 0.667. The highest BCUT2D eigenvalue weighted by molar-refractivity contribution is 5.89. The number of aromatic nitrogens is 1. The van der Waals surface area contributed by atoms with Crippen LogP contribution in [0.2, 0.25) is 0 Å². The van der Waals surface area contributed by atoms with Gasteiger partial charge in [-0.15, -0.1) is 0 Å². The largest absolute Gasteiger partial charge is 0.347 e. The van der Waals surface area contributed by atoms with Gasteiger partial charge in [0, 0.05) is 55.2 Å². The summed E-state index contributed by atoms with van der Waals surface area (Å²) in [5.41, 5.74) is 4.37. The first kappa shape index (κ1) is 21.1. The molecule has 1 unspecified atom stereocenters. The number of fused-ring (bicyclic) bond motifs is 2. The molecule has 1 saturated carbocycles. The van der Waals surface area contributed by atoms with Crippen molar-refractivity contribution in [3.8, 4) is 0 Å².